The molecular weight excluding hydrogens is 232 g/mol. The zero-order valence-corrected chi connectivity index (χ0v) is 8.74. The number of hydrogen-bond donors (Lipinski definition) is 1. The Hall–Kier alpha value is -0.940. The van der Waals surface area contributed by atoms with Crippen LogP contribution in [-0.2, 0) is 13.6 Å². The zero-order valence-electron chi connectivity index (χ0n) is 7.16. The first-order chi connectivity index (χ1) is 6.24. The summed E-state index contributed by atoms with van der Waals surface area (Å²) in [5.41, 5.74) is 8.54. The minimum Gasteiger partial charge on any atom is -0.347 e. The summed E-state index contributed by atoms with van der Waals surface area (Å²) >= 11 is 3.38. The molecule has 13 heavy (non-hydrogen) atoms. The summed E-state index contributed by atoms with van der Waals surface area (Å²) < 4.78 is 2.78. The van der Waals surface area contributed by atoms with Crippen molar-refractivity contribution in [3.63, 3.8) is 0 Å². The molecule has 2 aromatic rings. The van der Waals surface area contributed by atoms with Gasteiger partial charge in [-0.2, -0.15) is 0 Å². The molecule has 0 aromatic carbocycles. The highest BCUT2D eigenvalue weighted by Gasteiger charge is 2.09. The summed E-state index contributed by atoms with van der Waals surface area (Å²) in [7, 11) is 1.95. The molecule has 0 amide bonds. The standard InChI is InChI=1S/C8H9BrN4/c1-13-3-5(2-10)6-7(13)8(9)12-4-11-6/h3-4H,2,10H2,1H3. The number of rotatable bonds is 1. The van der Waals surface area contributed by atoms with E-state index in [0.29, 0.717) is 6.54 Å². The van der Waals surface area contributed by atoms with Crippen LogP contribution in [0.4, 0.5) is 0 Å². The number of aryl methyl sites for hydroxylation is 1. The van der Waals surface area contributed by atoms with E-state index < -0.39 is 0 Å². The van der Waals surface area contributed by atoms with E-state index in [1.54, 1.807) is 0 Å². The van der Waals surface area contributed by atoms with Gasteiger partial charge in [-0.1, -0.05) is 0 Å². The Bertz CT molecular complexity index is 449. The lowest BCUT2D eigenvalue weighted by Crippen LogP contribution is -1.95. The summed E-state index contributed by atoms with van der Waals surface area (Å²) in [5, 5.41) is 0. The third kappa shape index (κ3) is 1.24. The summed E-state index contributed by atoms with van der Waals surface area (Å²) in [5.74, 6) is 0. The average molecular weight is 241 g/mol. The second-order valence-electron chi connectivity index (χ2n) is 2.83. The molecule has 2 rings (SSSR count). The van der Waals surface area contributed by atoms with E-state index in [0.717, 1.165) is 21.2 Å². The number of nitrogens with zero attached hydrogens (tertiary/aromatic N) is 3. The van der Waals surface area contributed by atoms with E-state index in [4.69, 9.17) is 5.73 Å². The zero-order chi connectivity index (χ0) is 9.42. The fraction of sp³-hybridized carbons (Fsp3) is 0.250. The first-order valence-electron chi connectivity index (χ1n) is 3.88. The van der Waals surface area contributed by atoms with E-state index in [-0.39, 0.29) is 0 Å². The highest BCUT2D eigenvalue weighted by Crippen LogP contribution is 2.23. The second-order valence-corrected chi connectivity index (χ2v) is 3.58. The van der Waals surface area contributed by atoms with E-state index in [2.05, 4.69) is 25.9 Å². The number of fused-ring (bicyclic) bond motifs is 1. The van der Waals surface area contributed by atoms with Crippen molar-refractivity contribution >= 4 is 27.0 Å². The molecule has 0 radical (unpaired) electrons. The van der Waals surface area contributed by atoms with E-state index >= 15 is 0 Å². The smallest absolute Gasteiger partial charge is 0.133 e. The van der Waals surface area contributed by atoms with Crippen LogP contribution in [0.2, 0.25) is 0 Å². The Morgan fingerprint density at radius 3 is 3.00 bits per heavy atom. The predicted octanol–water partition coefficient (Wildman–Crippen LogP) is 1.19. The Morgan fingerprint density at radius 1 is 1.54 bits per heavy atom. The van der Waals surface area contributed by atoms with E-state index in [1.165, 1.54) is 6.33 Å². The SMILES string of the molecule is Cn1cc(CN)c2ncnc(Br)c21. The van der Waals surface area contributed by atoms with Gasteiger partial charge in [0.05, 0.1) is 5.52 Å². The molecule has 5 heteroatoms. The Kier molecular flexibility index (Phi) is 2.05. The van der Waals surface area contributed by atoms with Crippen molar-refractivity contribution in [1.82, 2.24) is 14.5 Å². The van der Waals surface area contributed by atoms with Crippen LogP contribution in [0.15, 0.2) is 17.1 Å². The Balaban J connectivity index is 2.87. The molecule has 0 aliphatic rings. The molecule has 2 heterocycles. The van der Waals surface area contributed by atoms with Crippen LogP contribution in [0.3, 0.4) is 0 Å². The molecule has 0 bridgehead atoms. The third-order valence-electron chi connectivity index (χ3n) is 2.00. The number of aromatic nitrogens is 3. The monoisotopic (exact) mass is 240 g/mol. The second kappa shape index (κ2) is 3.08. The Morgan fingerprint density at radius 2 is 2.31 bits per heavy atom. The predicted molar refractivity (Wildman–Crippen MR) is 54.1 cm³/mol. The molecule has 0 saturated carbocycles. The van der Waals surface area contributed by atoms with Gasteiger partial charge in [0, 0.05) is 25.4 Å². The molecule has 0 spiro atoms. The van der Waals surface area contributed by atoms with Crippen molar-refractivity contribution in [2.45, 2.75) is 6.54 Å². The highest BCUT2D eigenvalue weighted by molar-refractivity contribution is 9.10. The van der Waals surface area contributed by atoms with Gasteiger partial charge in [-0.25, -0.2) is 9.97 Å². The first-order valence-corrected chi connectivity index (χ1v) is 4.68. The van der Waals surface area contributed by atoms with Crippen LogP contribution in [-0.4, -0.2) is 14.5 Å². The quantitative estimate of drug-likeness (QED) is 0.763. The van der Waals surface area contributed by atoms with Crippen LogP contribution in [0.25, 0.3) is 11.0 Å². The number of halogens is 1. The van der Waals surface area contributed by atoms with Gasteiger partial charge in [0.15, 0.2) is 0 Å². The molecule has 0 aliphatic carbocycles. The summed E-state index contributed by atoms with van der Waals surface area (Å²) in [6, 6.07) is 0. The minimum atomic E-state index is 0.501. The normalized spacial score (nSPS) is 11.0. The lowest BCUT2D eigenvalue weighted by Gasteiger charge is -1.96. The van der Waals surface area contributed by atoms with Gasteiger partial charge in [0.1, 0.15) is 16.4 Å². The maximum absolute atomic E-state index is 5.59. The van der Waals surface area contributed by atoms with Crippen LogP contribution in [0.5, 0.6) is 0 Å². The molecular formula is C8H9BrN4. The fourth-order valence-corrected chi connectivity index (χ4v) is 1.97. The Labute approximate surface area is 83.9 Å². The first kappa shape index (κ1) is 8.65. The number of hydrogen-bond acceptors (Lipinski definition) is 3. The van der Waals surface area contributed by atoms with Crippen molar-refractivity contribution in [3.8, 4) is 0 Å². The molecule has 0 aliphatic heterocycles. The highest BCUT2D eigenvalue weighted by atomic mass is 79.9. The van der Waals surface area contributed by atoms with Crippen molar-refractivity contribution in [2.24, 2.45) is 12.8 Å². The van der Waals surface area contributed by atoms with Crippen molar-refractivity contribution in [2.75, 3.05) is 0 Å². The van der Waals surface area contributed by atoms with Crippen LogP contribution >= 0.6 is 15.9 Å². The topological polar surface area (TPSA) is 56.7 Å². The molecule has 0 unspecified atom stereocenters. The van der Waals surface area contributed by atoms with Gasteiger partial charge in [0.2, 0.25) is 0 Å². The average Bonchev–Trinajstić information content (AvgIpc) is 2.44. The molecule has 0 saturated heterocycles. The van der Waals surface area contributed by atoms with Crippen molar-refractivity contribution in [1.29, 1.82) is 0 Å². The van der Waals surface area contributed by atoms with Gasteiger partial charge >= 0.3 is 0 Å². The van der Waals surface area contributed by atoms with Crippen LogP contribution in [0.1, 0.15) is 5.56 Å². The van der Waals surface area contributed by atoms with Crippen molar-refractivity contribution < 1.29 is 0 Å². The maximum Gasteiger partial charge on any atom is 0.133 e. The van der Waals surface area contributed by atoms with Crippen LogP contribution < -0.4 is 5.73 Å². The van der Waals surface area contributed by atoms with Gasteiger partial charge in [-0.3, -0.25) is 0 Å². The summed E-state index contributed by atoms with van der Waals surface area (Å²) in [6.07, 6.45) is 3.51. The van der Waals surface area contributed by atoms with Crippen molar-refractivity contribution in [3.05, 3.63) is 22.7 Å². The third-order valence-corrected chi connectivity index (χ3v) is 2.58. The lowest BCUT2D eigenvalue weighted by atomic mass is 10.3. The van der Waals surface area contributed by atoms with E-state index in [9.17, 15) is 0 Å². The maximum atomic E-state index is 5.59. The summed E-state index contributed by atoms with van der Waals surface area (Å²) in [4.78, 5) is 8.25. The van der Waals surface area contributed by atoms with Crippen LogP contribution in [0, 0.1) is 0 Å². The number of nitrogens with two attached hydrogens (primary N) is 1. The molecule has 0 atom stereocenters. The van der Waals surface area contributed by atoms with Gasteiger partial charge in [-0.05, 0) is 15.9 Å². The molecule has 2 aromatic heterocycles. The molecule has 4 nitrogen and oxygen atoms in total. The largest absolute Gasteiger partial charge is 0.347 e. The molecule has 2 N–H and O–H groups in total. The lowest BCUT2D eigenvalue weighted by molar-refractivity contribution is 0.942. The summed E-state index contributed by atoms with van der Waals surface area (Å²) in [6.45, 7) is 0.501. The van der Waals surface area contributed by atoms with Gasteiger partial charge in [-0.15, -0.1) is 0 Å². The van der Waals surface area contributed by atoms with Gasteiger partial charge in [0.25, 0.3) is 0 Å². The molecule has 68 valence electrons. The minimum absolute atomic E-state index is 0.501. The van der Waals surface area contributed by atoms with Gasteiger partial charge < -0.3 is 10.3 Å². The fourth-order valence-electron chi connectivity index (χ4n) is 1.41. The van der Waals surface area contributed by atoms with E-state index in [1.807, 2.05) is 17.8 Å². The molecule has 0 fully saturated rings.